The van der Waals surface area contributed by atoms with Crippen LogP contribution in [0.15, 0.2) is 12.4 Å². The van der Waals surface area contributed by atoms with Gasteiger partial charge in [0.05, 0.1) is 6.54 Å². The van der Waals surface area contributed by atoms with Crippen molar-refractivity contribution in [2.24, 2.45) is 5.92 Å². The smallest absolute Gasteiger partial charge is 0.122 e. The molecule has 1 rings (SSSR count). The van der Waals surface area contributed by atoms with E-state index in [0.717, 1.165) is 32.1 Å². The summed E-state index contributed by atoms with van der Waals surface area (Å²) in [7, 11) is 1.74. The summed E-state index contributed by atoms with van der Waals surface area (Å²) in [5, 5.41) is 3.38. The van der Waals surface area contributed by atoms with Gasteiger partial charge in [0.15, 0.2) is 0 Å². The molecule has 0 spiro atoms. The van der Waals surface area contributed by atoms with E-state index < -0.39 is 0 Å². The molecule has 0 radical (unpaired) electrons. The van der Waals surface area contributed by atoms with Crippen LogP contribution in [0.25, 0.3) is 0 Å². The zero-order chi connectivity index (χ0) is 11.1. The third-order valence-electron chi connectivity index (χ3n) is 2.37. The van der Waals surface area contributed by atoms with Gasteiger partial charge in [0, 0.05) is 39.2 Å². The summed E-state index contributed by atoms with van der Waals surface area (Å²) in [6, 6.07) is 0. The molecule has 0 bridgehead atoms. The van der Waals surface area contributed by atoms with E-state index in [1.165, 1.54) is 0 Å². The molecular weight excluding hydrogens is 190 g/mol. The second-order valence-corrected chi connectivity index (χ2v) is 3.82. The molecular formula is C11H21N3O. The van der Waals surface area contributed by atoms with Gasteiger partial charge in [-0.25, -0.2) is 4.98 Å². The average molecular weight is 211 g/mol. The highest BCUT2D eigenvalue weighted by atomic mass is 16.5. The number of hydrogen-bond donors (Lipinski definition) is 1. The number of rotatable bonds is 7. The first-order chi connectivity index (χ1) is 7.27. The summed E-state index contributed by atoms with van der Waals surface area (Å²) in [4.78, 5) is 4.30. The number of nitrogens with zero attached hydrogens (tertiary/aromatic N) is 2. The van der Waals surface area contributed by atoms with Crippen molar-refractivity contribution in [1.29, 1.82) is 0 Å². The van der Waals surface area contributed by atoms with Gasteiger partial charge in [-0.2, -0.15) is 0 Å². The Labute approximate surface area is 91.7 Å². The molecule has 1 aromatic heterocycles. The van der Waals surface area contributed by atoms with Crippen LogP contribution >= 0.6 is 0 Å². The predicted molar refractivity (Wildman–Crippen MR) is 60.6 cm³/mol. The number of methoxy groups -OCH3 is 1. The Morgan fingerprint density at radius 3 is 3.07 bits per heavy atom. The standard InChI is InChI=1S/C11H21N3O/c1-4-14-6-5-13-11(14)8-12-7-10(2)9-15-3/h5-6,10,12H,4,7-9H2,1-3H3. The Kier molecular flexibility index (Phi) is 5.36. The molecule has 1 N–H and O–H groups in total. The molecule has 1 unspecified atom stereocenters. The molecule has 0 aliphatic heterocycles. The van der Waals surface area contributed by atoms with Gasteiger partial charge in [-0.05, 0) is 12.8 Å². The van der Waals surface area contributed by atoms with Gasteiger partial charge in [0.2, 0.25) is 0 Å². The van der Waals surface area contributed by atoms with Gasteiger partial charge >= 0.3 is 0 Å². The van der Waals surface area contributed by atoms with Gasteiger partial charge in [0.25, 0.3) is 0 Å². The molecule has 0 fully saturated rings. The molecule has 0 saturated heterocycles. The number of nitrogens with one attached hydrogen (secondary N) is 1. The molecule has 0 aliphatic carbocycles. The zero-order valence-electron chi connectivity index (χ0n) is 9.86. The van der Waals surface area contributed by atoms with Gasteiger partial charge in [0.1, 0.15) is 5.82 Å². The Balaban J connectivity index is 2.25. The van der Waals surface area contributed by atoms with Crippen molar-refractivity contribution in [1.82, 2.24) is 14.9 Å². The molecule has 0 saturated carbocycles. The lowest BCUT2D eigenvalue weighted by Gasteiger charge is -2.11. The lowest BCUT2D eigenvalue weighted by atomic mass is 10.2. The summed E-state index contributed by atoms with van der Waals surface area (Å²) in [5.74, 6) is 1.64. The van der Waals surface area contributed by atoms with Crippen LogP contribution in [0.5, 0.6) is 0 Å². The van der Waals surface area contributed by atoms with E-state index in [4.69, 9.17) is 4.74 Å². The van der Waals surface area contributed by atoms with Crippen LogP contribution in [0.4, 0.5) is 0 Å². The van der Waals surface area contributed by atoms with E-state index in [0.29, 0.717) is 5.92 Å². The fraction of sp³-hybridized carbons (Fsp3) is 0.727. The minimum atomic E-state index is 0.542. The van der Waals surface area contributed by atoms with Gasteiger partial charge < -0.3 is 14.6 Å². The summed E-state index contributed by atoms with van der Waals surface area (Å²) < 4.78 is 7.22. The van der Waals surface area contributed by atoms with Crippen LogP contribution in [-0.2, 0) is 17.8 Å². The molecule has 1 aromatic rings. The van der Waals surface area contributed by atoms with Gasteiger partial charge in [-0.15, -0.1) is 0 Å². The monoisotopic (exact) mass is 211 g/mol. The number of aromatic nitrogens is 2. The highest BCUT2D eigenvalue weighted by Crippen LogP contribution is 1.98. The largest absolute Gasteiger partial charge is 0.384 e. The van der Waals surface area contributed by atoms with E-state index >= 15 is 0 Å². The Bertz CT molecular complexity index is 273. The summed E-state index contributed by atoms with van der Waals surface area (Å²) in [5.41, 5.74) is 0. The number of hydrogen-bond acceptors (Lipinski definition) is 3. The van der Waals surface area contributed by atoms with Gasteiger partial charge in [-0.3, -0.25) is 0 Å². The molecule has 0 amide bonds. The van der Waals surface area contributed by atoms with E-state index in [-0.39, 0.29) is 0 Å². The van der Waals surface area contributed by atoms with Gasteiger partial charge in [-0.1, -0.05) is 6.92 Å². The van der Waals surface area contributed by atoms with E-state index in [9.17, 15) is 0 Å². The highest BCUT2D eigenvalue weighted by molar-refractivity contribution is 4.91. The van der Waals surface area contributed by atoms with Crippen molar-refractivity contribution >= 4 is 0 Å². The number of ether oxygens (including phenoxy) is 1. The summed E-state index contributed by atoms with van der Waals surface area (Å²) in [6.07, 6.45) is 3.86. The predicted octanol–water partition coefficient (Wildman–Crippen LogP) is 1.28. The van der Waals surface area contributed by atoms with E-state index in [1.54, 1.807) is 7.11 Å². The van der Waals surface area contributed by atoms with Crippen molar-refractivity contribution in [2.45, 2.75) is 26.9 Å². The molecule has 4 nitrogen and oxygen atoms in total. The number of aryl methyl sites for hydroxylation is 1. The lowest BCUT2D eigenvalue weighted by molar-refractivity contribution is 0.158. The summed E-state index contributed by atoms with van der Waals surface area (Å²) >= 11 is 0. The zero-order valence-corrected chi connectivity index (χ0v) is 9.86. The first kappa shape index (κ1) is 12.2. The highest BCUT2D eigenvalue weighted by Gasteiger charge is 2.03. The molecule has 1 heterocycles. The van der Waals surface area contributed by atoms with Crippen molar-refractivity contribution < 1.29 is 4.74 Å². The molecule has 15 heavy (non-hydrogen) atoms. The molecule has 1 atom stereocenters. The van der Waals surface area contributed by atoms with Crippen molar-refractivity contribution in [2.75, 3.05) is 20.3 Å². The second kappa shape index (κ2) is 6.58. The normalized spacial score (nSPS) is 13.0. The molecule has 4 heteroatoms. The first-order valence-electron chi connectivity index (χ1n) is 5.47. The van der Waals surface area contributed by atoms with Crippen LogP contribution in [0.2, 0.25) is 0 Å². The van der Waals surface area contributed by atoms with Crippen LogP contribution in [0.3, 0.4) is 0 Å². The maximum absolute atomic E-state index is 5.08. The minimum absolute atomic E-state index is 0.542. The quantitative estimate of drug-likeness (QED) is 0.738. The third-order valence-corrected chi connectivity index (χ3v) is 2.37. The second-order valence-electron chi connectivity index (χ2n) is 3.82. The first-order valence-corrected chi connectivity index (χ1v) is 5.47. The van der Waals surface area contributed by atoms with Crippen molar-refractivity contribution in [3.05, 3.63) is 18.2 Å². The third kappa shape index (κ3) is 4.01. The van der Waals surface area contributed by atoms with Crippen molar-refractivity contribution in [3.63, 3.8) is 0 Å². The fourth-order valence-corrected chi connectivity index (χ4v) is 1.57. The Hall–Kier alpha value is -0.870. The van der Waals surface area contributed by atoms with Crippen molar-refractivity contribution in [3.8, 4) is 0 Å². The maximum atomic E-state index is 5.08. The number of imidazole rings is 1. The average Bonchev–Trinajstić information content (AvgIpc) is 2.66. The van der Waals surface area contributed by atoms with E-state index in [2.05, 4.69) is 28.7 Å². The Morgan fingerprint density at radius 1 is 1.60 bits per heavy atom. The SMILES string of the molecule is CCn1ccnc1CNCC(C)COC. The lowest BCUT2D eigenvalue weighted by Crippen LogP contribution is -2.24. The van der Waals surface area contributed by atoms with Crippen LogP contribution in [-0.4, -0.2) is 29.8 Å². The summed E-state index contributed by atoms with van der Waals surface area (Å²) in [6.45, 7) is 7.86. The topological polar surface area (TPSA) is 39.1 Å². The van der Waals surface area contributed by atoms with E-state index in [1.807, 2.05) is 12.4 Å². The Morgan fingerprint density at radius 2 is 2.40 bits per heavy atom. The minimum Gasteiger partial charge on any atom is -0.384 e. The molecule has 86 valence electrons. The van der Waals surface area contributed by atoms with Crippen LogP contribution in [0.1, 0.15) is 19.7 Å². The molecule has 0 aliphatic rings. The fourth-order valence-electron chi connectivity index (χ4n) is 1.57. The van der Waals surface area contributed by atoms with Crippen LogP contribution in [0, 0.1) is 5.92 Å². The maximum Gasteiger partial charge on any atom is 0.122 e. The van der Waals surface area contributed by atoms with Crippen LogP contribution < -0.4 is 5.32 Å². The molecule has 0 aromatic carbocycles.